The molecule has 0 unspecified atom stereocenters. The van der Waals surface area contributed by atoms with Crippen LogP contribution in [0.25, 0.3) is 0 Å². The summed E-state index contributed by atoms with van der Waals surface area (Å²) in [6.45, 7) is 3.19. The van der Waals surface area contributed by atoms with Crippen LogP contribution in [0, 0.1) is 0 Å². The maximum Gasteiger partial charge on any atom is 0.336 e. The summed E-state index contributed by atoms with van der Waals surface area (Å²) in [5.41, 5.74) is 4.59. The molecular formula is C29H31NO5. The largest absolute Gasteiger partial charge is 0.489 e. The zero-order valence-electron chi connectivity index (χ0n) is 20.0. The van der Waals surface area contributed by atoms with Gasteiger partial charge in [0.1, 0.15) is 19.0 Å². The average molecular weight is 474 g/mol. The van der Waals surface area contributed by atoms with Crippen molar-refractivity contribution in [3.05, 3.63) is 88.3 Å². The van der Waals surface area contributed by atoms with E-state index in [1.165, 1.54) is 0 Å². The lowest BCUT2D eigenvalue weighted by molar-refractivity contribution is -0.142. The summed E-state index contributed by atoms with van der Waals surface area (Å²) in [4.78, 5) is 26.7. The van der Waals surface area contributed by atoms with Crippen LogP contribution in [0.2, 0.25) is 0 Å². The van der Waals surface area contributed by atoms with Crippen molar-refractivity contribution in [1.82, 2.24) is 5.32 Å². The third-order valence-electron chi connectivity index (χ3n) is 6.89. The van der Waals surface area contributed by atoms with Crippen molar-refractivity contribution in [1.29, 1.82) is 0 Å². The van der Waals surface area contributed by atoms with Gasteiger partial charge in [0.2, 0.25) is 0 Å². The molecule has 2 atom stereocenters. The van der Waals surface area contributed by atoms with E-state index >= 15 is 0 Å². The van der Waals surface area contributed by atoms with Crippen molar-refractivity contribution >= 4 is 11.8 Å². The van der Waals surface area contributed by atoms with Crippen LogP contribution in [-0.4, -0.2) is 31.1 Å². The molecular weight excluding hydrogens is 442 g/mol. The standard InChI is InChI=1S/C29H31NO5/c1-19-26(29(32)35-18-21-11-8-16-33-21)27(28-23(30-19)13-7-14-24(28)31)22-12-5-6-15-25(22)34-17-20-9-3-2-4-10-20/h2-6,9-10,12,15,21,27,30H,7-8,11,13-14,16-18H2,1H3/t21-,27-/m0/s1. The summed E-state index contributed by atoms with van der Waals surface area (Å²) in [6.07, 6.45) is 3.85. The molecule has 0 saturated carbocycles. The third kappa shape index (κ3) is 5.03. The van der Waals surface area contributed by atoms with Crippen LogP contribution in [0.3, 0.4) is 0 Å². The first-order valence-electron chi connectivity index (χ1n) is 12.4. The number of dihydropyridines is 1. The number of carbonyl (C=O) groups excluding carboxylic acids is 2. The van der Waals surface area contributed by atoms with Crippen molar-refractivity contribution in [2.45, 2.75) is 57.7 Å². The topological polar surface area (TPSA) is 73.9 Å². The summed E-state index contributed by atoms with van der Waals surface area (Å²) < 4.78 is 17.6. The average Bonchev–Trinajstić information content (AvgIpc) is 3.40. The van der Waals surface area contributed by atoms with Gasteiger partial charge >= 0.3 is 5.97 Å². The molecule has 6 heteroatoms. The predicted molar refractivity (Wildman–Crippen MR) is 132 cm³/mol. The number of hydrogen-bond donors (Lipinski definition) is 1. The van der Waals surface area contributed by atoms with Gasteiger partial charge < -0.3 is 19.5 Å². The van der Waals surface area contributed by atoms with Crippen LogP contribution in [0.4, 0.5) is 0 Å². The van der Waals surface area contributed by atoms with Crippen molar-refractivity contribution in [3.63, 3.8) is 0 Å². The number of benzene rings is 2. The number of ketones is 1. The zero-order valence-corrected chi connectivity index (χ0v) is 20.0. The summed E-state index contributed by atoms with van der Waals surface area (Å²) >= 11 is 0. The van der Waals surface area contributed by atoms with Gasteiger partial charge in [-0.3, -0.25) is 4.79 Å². The van der Waals surface area contributed by atoms with Gasteiger partial charge in [-0.1, -0.05) is 48.5 Å². The van der Waals surface area contributed by atoms with Crippen molar-refractivity contribution in [2.24, 2.45) is 0 Å². The number of para-hydroxylation sites is 1. The predicted octanol–water partition coefficient (Wildman–Crippen LogP) is 4.96. The molecule has 1 N–H and O–H groups in total. The summed E-state index contributed by atoms with van der Waals surface area (Å²) in [5, 5.41) is 3.35. The lowest BCUT2D eigenvalue weighted by Crippen LogP contribution is -2.35. The maximum absolute atomic E-state index is 13.5. The molecule has 2 aromatic rings. The first kappa shape index (κ1) is 23.4. The molecule has 2 heterocycles. The van der Waals surface area contributed by atoms with Gasteiger partial charge in [-0.05, 0) is 44.2 Å². The Balaban J connectivity index is 1.50. The molecule has 35 heavy (non-hydrogen) atoms. The molecule has 0 radical (unpaired) electrons. The Morgan fingerprint density at radius 3 is 2.66 bits per heavy atom. The number of carbonyl (C=O) groups is 2. The lowest BCUT2D eigenvalue weighted by atomic mass is 9.75. The Morgan fingerprint density at radius 1 is 1.06 bits per heavy atom. The normalized spacial score (nSPS) is 22.0. The Bertz CT molecular complexity index is 1160. The molecule has 0 spiro atoms. The molecule has 0 amide bonds. The van der Waals surface area contributed by atoms with Gasteiger partial charge in [-0.2, -0.15) is 0 Å². The van der Waals surface area contributed by atoms with E-state index < -0.39 is 11.9 Å². The lowest BCUT2D eigenvalue weighted by Gasteiger charge is -2.34. The van der Waals surface area contributed by atoms with Gasteiger partial charge in [-0.15, -0.1) is 0 Å². The summed E-state index contributed by atoms with van der Waals surface area (Å²) in [7, 11) is 0. The van der Waals surface area contributed by atoms with Crippen molar-refractivity contribution < 1.29 is 23.8 Å². The molecule has 2 aliphatic heterocycles. The number of allylic oxidation sites excluding steroid dienone is 3. The summed E-state index contributed by atoms with van der Waals surface area (Å²) in [6, 6.07) is 17.6. The number of nitrogens with one attached hydrogen (secondary N) is 1. The fourth-order valence-corrected chi connectivity index (χ4v) is 5.17. The second-order valence-electron chi connectivity index (χ2n) is 9.31. The van der Waals surface area contributed by atoms with E-state index in [0.29, 0.717) is 36.5 Å². The smallest absolute Gasteiger partial charge is 0.336 e. The highest BCUT2D eigenvalue weighted by Gasteiger charge is 2.40. The minimum absolute atomic E-state index is 0.0672. The van der Waals surface area contributed by atoms with Crippen LogP contribution >= 0.6 is 0 Å². The molecule has 6 nitrogen and oxygen atoms in total. The molecule has 3 aliphatic rings. The number of esters is 1. The van der Waals surface area contributed by atoms with E-state index in [2.05, 4.69) is 5.32 Å². The molecule has 1 aliphatic carbocycles. The molecule has 2 aromatic carbocycles. The number of hydrogen-bond acceptors (Lipinski definition) is 6. The van der Waals surface area contributed by atoms with Gasteiger partial charge in [0.05, 0.1) is 17.6 Å². The van der Waals surface area contributed by atoms with E-state index in [1.54, 1.807) is 0 Å². The molecule has 0 aromatic heterocycles. The van der Waals surface area contributed by atoms with Gasteiger partial charge in [0.15, 0.2) is 5.78 Å². The Kier molecular flexibility index (Phi) is 7.00. The van der Waals surface area contributed by atoms with Gasteiger partial charge in [-0.25, -0.2) is 4.79 Å². The SMILES string of the molecule is CC1=C(C(=O)OC[C@@H]2CCCO2)[C@H](c2ccccc2OCc2ccccc2)C2=C(CCCC2=O)N1. The number of Topliss-reactive ketones (excluding diaryl/α,β-unsaturated/α-hetero) is 1. The Labute approximate surface area is 206 Å². The van der Waals surface area contributed by atoms with Crippen molar-refractivity contribution in [2.75, 3.05) is 13.2 Å². The van der Waals surface area contributed by atoms with E-state index in [-0.39, 0.29) is 18.5 Å². The van der Waals surface area contributed by atoms with E-state index in [4.69, 9.17) is 14.2 Å². The maximum atomic E-state index is 13.5. The van der Waals surface area contributed by atoms with E-state index in [0.717, 1.165) is 48.2 Å². The second-order valence-corrected chi connectivity index (χ2v) is 9.31. The first-order valence-corrected chi connectivity index (χ1v) is 12.4. The van der Waals surface area contributed by atoms with Gasteiger partial charge in [0.25, 0.3) is 0 Å². The Hall–Kier alpha value is -3.38. The highest BCUT2D eigenvalue weighted by Crippen LogP contribution is 2.45. The minimum atomic E-state index is -0.539. The van der Waals surface area contributed by atoms with Crippen LogP contribution in [0.15, 0.2) is 77.1 Å². The van der Waals surface area contributed by atoms with E-state index in [1.807, 2.05) is 61.5 Å². The molecule has 1 fully saturated rings. The highest BCUT2D eigenvalue weighted by molar-refractivity contribution is 6.04. The van der Waals surface area contributed by atoms with Crippen LogP contribution in [-0.2, 0) is 25.7 Å². The fraction of sp³-hybridized carbons (Fsp3) is 0.379. The minimum Gasteiger partial charge on any atom is -0.489 e. The molecule has 1 saturated heterocycles. The third-order valence-corrected chi connectivity index (χ3v) is 6.89. The number of ether oxygens (including phenoxy) is 3. The zero-order chi connectivity index (χ0) is 24.2. The first-order chi connectivity index (χ1) is 17.1. The quantitative estimate of drug-likeness (QED) is 0.574. The Morgan fingerprint density at radius 2 is 1.86 bits per heavy atom. The van der Waals surface area contributed by atoms with Crippen LogP contribution in [0.1, 0.15) is 56.1 Å². The monoisotopic (exact) mass is 473 g/mol. The molecule has 5 rings (SSSR count). The molecule has 0 bridgehead atoms. The van der Waals surface area contributed by atoms with Crippen LogP contribution in [0.5, 0.6) is 5.75 Å². The number of rotatable bonds is 7. The molecule has 182 valence electrons. The second kappa shape index (κ2) is 10.5. The van der Waals surface area contributed by atoms with Gasteiger partial charge in [0, 0.05) is 35.6 Å². The van der Waals surface area contributed by atoms with E-state index in [9.17, 15) is 9.59 Å². The van der Waals surface area contributed by atoms with Crippen LogP contribution < -0.4 is 10.1 Å². The fourth-order valence-electron chi connectivity index (χ4n) is 5.17. The summed E-state index contributed by atoms with van der Waals surface area (Å²) in [5.74, 6) is -0.231. The van der Waals surface area contributed by atoms with Crippen molar-refractivity contribution in [3.8, 4) is 5.75 Å². The highest BCUT2D eigenvalue weighted by atomic mass is 16.6.